The van der Waals surface area contributed by atoms with Gasteiger partial charge in [0.2, 0.25) is 5.91 Å². The smallest absolute Gasteiger partial charge is 0.222 e. The lowest BCUT2D eigenvalue weighted by Gasteiger charge is -2.15. The fraction of sp³-hybridized carbons (Fsp3) is 0.500. The lowest BCUT2D eigenvalue weighted by Crippen LogP contribution is -2.17. The van der Waals surface area contributed by atoms with E-state index in [9.17, 15) is 9.18 Å². The first-order chi connectivity index (χ1) is 10.1. The zero-order valence-electron chi connectivity index (χ0n) is 11.2. The molecule has 112 valence electrons. The Bertz CT molecular complexity index is 676. The SMILES string of the molecule is CC(=O)Nc1ncnc2c1ncn2[C@@H]1O[C@H](CO)C[C@@H]1F. The van der Waals surface area contributed by atoms with Crippen molar-refractivity contribution in [1.29, 1.82) is 0 Å². The summed E-state index contributed by atoms with van der Waals surface area (Å²) in [6.07, 6.45) is 0.0639. The van der Waals surface area contributed by atoms with Gasteiger partial charge in [-0.1, -0.05) is 0 Å². The van der Waals surface area contributed by atoms with Gasteiger partial charge in [0, 0.05) is 13.3 Å². The number of alkyl halides is 1. The van der Waals surface area contributed by atoms with Gasteiger partial charge in [-0.05, 0) is 0 Å². The van der Waals surface area contributed by atoms with E-state index in [1.165, 1.54) is 24.1 Å². The van der Waals surface area contributed by atoms with Crippen molar-refractivity contribution in [3.8, 4) is 0 Å². The first-order valence-corrected chi connectivity index (χ1v) is 6.45. The topological polar surface area (TPSA) is 102 Å². The van der Waals surface area contributed by atoms with E-state index in [4.69, 9.17) is 9.84 Å². The summed E-state index contributed by atoms with van der Waals surface area (Å²) in [7, 11) is 0. The summed E-state index contributed by atoms with van der Waals surface area (Å²) in [6, 6.07) is 0. The molecule has 2 aromatic rings. The molecule has 3 heterocycles. The molecule has 1 aliphatic rings. The summed E-state index contributed by atoms with van der Waals surface area (Å²) in [5, 5.41) is 11.6. The van der Waals surface area contributed by atoms with E-state index < -0.39 is 18.5 Å². The molecule has 0 spiro atoms. The Morgan fingerprint density at radius 1 is 1.57 bits per heavy atom. The van der Waals surface area contributed by atoms with Gasteiger partial charge in [-0.15, -0.1) is 0 Å². The number of nitrogens with one attached hydrogen (secondary N) is 1. The third-order valence-corrected chi connectivity index (χ3v) is 3.26. The van der Waals surface area contributed by atoms with Crippen LogP contribution in [-0.4, -0.2) is 49.4 Å². The van der Waals surface area contributed by atoms with Crippen molar-refractivity contribution >= 4 is 22.9 Å². The summed E-state index contributed by atoms with van der Waals surface area (Å²) in [6.45, 7) is 1.12. The number of imidazole rings is 1. The Morgan fingerprint density at radius 2 is 2.38 bits per heavy atom. The van der Waals surface area contributed by atoms with Crippen molar-refractivity contribution in [1.82, 2.24) is 19.5 Å². The minimum atomic E-state index is -1.27. The molecule has 3 rings (SSSR count). The van der Waals surface area contributed by atoms with Crippen molar-refractivity contribution in [2.24, 2.45) is 0 Å². The van der Waals surface area contributed by atoms with Gasteiger partial charge in [-0.2, -0.15) is 0 Å². The molecule has 1 aliphatic heterocycles. The van der Waals surface area contributed by atoms with Gasteiger partial charge in [0.1, 0.15) is 12.5 Å². The zero-order valence-corrected chi connectivity index (χ0v) is 11.2. The third-order valence-electron chi connectivity index (χ3n) is 3.26. The molecule has 0 bridgehead atoms. The van der Waals surface area contributed by atoms with Crippen LogP contribution in [0.15, 0.2) is 12.7 Å². The summed E-state index contributed by atoms with van der Waals surface area (Å²) >= 11 is 0. The second kappa shape index (κ2) is 5.34. The number of rotatable bonds is 3. The highest BCUT2D eigenvalue weighted by Gasteiger charge is 2.37. The second-order valence-corrected chi connectivity index (χ2v) is 4.81. The van der Waals surface area contributed by atoms with Crippen molar-refractivity contribution < 1.29 is 19.0 Å². The number of hydrogen-bond donors (Lipinski definition) is 2. The van der Waals surface area contributed by atoms with Gasteiger partial charge in [-0.25, -0.2) is 19.3 Å². The highest BCUT2D eigenvalue weighted by Crippen LogP contribution is 2.33. The lowest BCUT2D eigenvalue weighted by molar-refractivity contribution is -0.114. The average Bonchev–Trinajstić information content (AvgIpc) is 3.02. The van der Waals surface area contributed by atoms with E-state index in [1.54, 1.807) is 0 Å². The molecule has 0 unspecified atom stereocenters. The van der Waals surface area contributed by atoms with Crippen LogP contribution in [0.3, 0.4) is 0 Å². The highest BCUT2D eigenvalue weighted by atomic mass is 19.1. The molecular weight excluding hydrogens is 281 g/mol. The number of carbonyl (C=O) groups excluding carboxylic acids is 1. The van der Waals surface area contributed by atoms with Gasteiger partial charge < -0.3 is 15.2 Å². The Hall–Kier alpha value is -2.13. The predicted octanol–water partition coefficient (Wildman–Crippen LogP) is 0.403. The molecule has 8 nitrogen and oxygen atoms in total. The quantitative estimate of drug-likeness (QED) is 0.850. The maximum absolute atomic E-state index is 14.0. The van der Waals surface area contributed by atoms with Crippen molar-refractivity contribution in [2.75, 3.05) is 11.9 Å². The number of anilines is 1. The van der Waals surface area contributed by atoms with Gasteiger partial charge >= 0.3 is 0 Å². The fourth-order valence-electron chi connectivity index (χ4n) is 2.36. The maximum atomic E-state index is 14.0. The van der Waals surface area contributed by atoms with Crippen LogP contribution in [0.5, 0.6) is 0 Å². The molecular formula is C12H14FN5O3. The molecule has 0 saturated carbocycles. The average molecular weight is 295 g/mol. The number of carbonyl (C=O) groups is 1. The summed E-state index contributed by atoms with van der Waals surface area (Å²) in [5.74, 6) is -0.0243. The Morgan fingerprint density at radius 3 is 3.05 bits per heavy atom. The van der Waals surface area contributed by atoms with Gasteiger partial charge in [0.05, 0.1) is 19.0 Å². The Kier molecular flexibility index (Phi) is 3.52. The minimum Gasteiger partial charge on any atom is -0.394 e. The van der Waals surface area contributed by atoms with E-state index >= 15 is 0 Å². The van der Waals surface area contributed by atoms with Crippen LogP contribution in [0.2, 0.25) is 0 Å². The van der Waals surface area contributed by atoms with Gasteiger partial charge in [0.15, 0.2) is 23.2 Å². The normalized spacial score (nSPS) is 25.4. The van der Waals surface area contributed by atoms with E-state index in [-0.39, 0.29) is 24.8 Å². The van der Waals surface area contributed by atoms with Crippen molar-refractivity contribution in [2.45, 2.75) is 31.8 Å². The van der Waals surface area contributed by atoms with E-state index in [0.717, 1.165) is 0 Å². The number of nitrogens with zero attached hydrogens (tertiary/aromatic N) is 4. The number of aliphatic hydroxyl groups excluding tert-OH is 1. The molecule has 21 heavy (non-hydrogen) atoms. The molecule has 2 N–H and O–H groups in total. The first-order valence-electron chi connectivity index (χ1n) is 6.45. The third kappa shape index (κ3) is 2.45. The highest BCUT2D eigenvalue weighted by molar-refractivity contribution is 5.95. The lowest BCUT2D eigenvalue weighted by atomic mass is 10.2. The van der Waals surface area contributed by atoms with E-state index in [2.05, 4.69) is 20.3 Å². The number of hydrogen-bond acceptors (Lipinski definition) is 6. The fourth-order valence-corrected chi connectivity index (χ4v) is 2.36. The van der Waals surface area contributed by atoms with Gasteiger partial charge in [0.25, 0.3) is 0 Å². The van der Waals surface area contributed by atoms with Crippen molar-refractivity contribution in [3.05, 3.63) is 12.7 Å². The second-order valence-electron chi connectivity index (χ2n) is 4.81. The predicted molar refractivity (Wildman–Crippen MR) is 70.1 cm³/mol. The van der Waals surface area contributed by atoms with Crippen molar-refractivity contribution in [3.63, 3.8) is 0 Å². The molecule has 1 saturated heterocycles. The number of ether oxygens (including phenoxy) is 1. The molecule has 0 aliphatic carbocycles. The Labute approximate surface area is 119 Å². The monoisotopic (exact) mass is 295 g/mol. The molecule has 9 heteroatoms. The molecule has 3 atom stereocenters. The number of amides is 1. The number of fused-ring (bicyclic) bond motifs is 1. The van der Waals surface area contributed by atoms with Crippen LogP contribution in [0.4, 0.5) is 10.2 Å². The van der Waals surface area contributed by atoms with E-state index in [1.807, 2.05) is 0 Å². The number of aliphatic hydroxyl groups is 1. The summed E-state index contributed by atoms with van der Waals surface area (Å²) in [5.41, 5.74) is 0.718. The Balaban J connectivity index is 1.99. The van der Waals surface area contributed by atoms with Gasteiger partial charge in [-0.3, -0.25) is 9.36 Å². The summed E-state index contributed by atoms with van der Waals surface area (Å²) in [4.78, 5) is 23.3. The molecule has 0 radical (unpaired) electrons. The van der Waals surface area contributed by atoms with Crippen LogP contribution in [0.25, 0.3) is 11.2 Å². The summed E-state index contributed by atoms with van der Waals surface area (Å²) < 4.78 is 20.9. The van der Waals surface area contributed by atoms with Crippen LogP contribution >= 0.6 is 0 Å². The maximum Gasteiger partial charge on any atom is 0.222 e. The standard InChI is InChI=1S/C12H14FN5O3/c1-6(20)17-10-9-11(15-4-14-10)18(5-16-9)12-8(13)2-7(3-19)21-12/h4-5,7-8,12,19H,2-3H2,1H3,(H,14,15,17,20)/t7-,8-,12+/m0/s1. The first kappa shape index (κ1) is 13.8. The van der Waals surface area contributed by atoms with Crippen LogP contribution in [0, 0.1) is 0 Å². The van der Waals surface area contributed by atoms with Crippen LogP contribution < -0.4 is 5.32 Å². The minimum absolute atomic E-state index is 0.116. The van der Waals surface area contributed by atoms with Crippen LogP contribution in [0.1, 0.15) is 19.6 Å². The van der Waals surface area contributed by atoms with Crippen LogP contribution in [-0.2, 0) is 9.53 Å². The zero-order chi connectivity index (χ0) is 15.0. The largest absolute Gasteiger partial charge is 0.394 e. The molecule has 1 amide bonds. The number of aromatic nitrogens is 4. The molecule has 1 fully saturated rings. The molecule has 2 aromatic heterocycles. The molecule has 0 aromatic carbocycles. The van der Waals surface area contributed by atoms with E-state index in [0.29, 0.717) is 11.2 Å². The number of halogens is 1.